The van der Waals surface area contributed by atoms with Gasteiger partial charge in [-0.05, 0) is 42.9 Å². The number of hydrogen-bond acceptors (Lipinski definition) is 5. The molecule has 6 nitrogen and oxygen atoms in total. The SMILES string of the molecule is CCc1ccccc1NC(=O)[C@H]1CCc2nc(N3CCOCC3)ncc2C1. The number of rotatable bonds is 4. The van der Waals surface area contributed by atoms with Crippen LogP contribution in [0.4, 0.5) is 11.6 Å². The van der Waals surface area contributed by atoms with Gasteiger partial charge in [-0.15, -0.1) is 0 Å². The van der Waals surface area contributed by atoms with Gasteiger partial charge in [0.15, 0.2) is 0 Å². The average Bonchev–Trinajstić information content (AvgIpc) is 2.74. The lowest BCUT2D eigenvalue weighted by Gasteiger charge is -2.29. The Morgan fingerprint density at radius 1 is 1.30 bits per heavy atom. The number of fused-ring (bicyclic) bond motifs is 1. The summed E-state index contributed by atoms with van der Waals surface area (Å²) in [5.41, 5.74) is 4.28. The quantitative estimate of drug-likeness (QED) is 0.901. The van der Waals surface area contributed by atoms with Crippen molar-refractivity contribution >= 4 is 17.5 Å². The Morgan fingerprint density at radius 3 is 2.93 bits per heavy atom. The van der Waals surface area contributed by atoms with Crippen LogP contribution in [0.1, 0.15) is 30.2 Å². The molecular weight excluding hydrogens is 340 g/mol. The van der Waals surface area contributed by atoms with Crippen LogP contribution in [-0.2, 0) is 28.8 Å². The Hall–Kier alpha value is -2.47. The van der Waals surface area contributed by atoms with Crippen LogP contribution in [0.2, 0.25) is 0 Å². The molecule has 1 aromatic carbocycles. The zero-order valence-corrected chi connectivity index (χ0v) is 15.8. The highest BCUT2D eigenvalue weighted by molar-refractivity contribution is 5.93. The summed E-state index contributed by atoms with van der Waals surface area (Å²) >= 11 is 0. The van der Waals surface area contributed by atoms with Crippen molar-refractivity contribution in [2.75, 3.05) is 36.5 Å². The first-order chi connectivity index (χ1) is 13.2. The molecule has 2 aromatic rings. The number of nitrogens with one attached hydrogen (secondary N) is 1. The predicted molar refractivity (Wildman–Crippen MR) is 105 cm³/mol. The molecule has 1 N–H and O–H groups in total. The number of morpholine rings is 1. The molecule has 2 aliphatic rings. The maximum atomic E-state index is 12.8. The highest BCUT2D eigenvalue weighted by Gasteiger charge is 2.27. The average molecular weight is 366 g/mol. The van der Waals surface area contributed by atoms with Crippen LogP contribution < -0.4 is 10.2 Å². The zero-order chi connectivity index (χ0) is 18.6. The molecule has 1 atom stereocenters. The molecule has 4 rings (SSSR count). The fourth-order valence-electron chi connectivity index (χ4n) is 3.82. The van der Waals surface area contributed by atoms with Crippen LogP contribution in [0, 0.1) is 5.92 Å². The Morgan fingerprint density at radius 2 is 2.11 bits per heavy atom. The second kappa shape index (κ2) is 8.05. The van der Waals surface area contributed by atoms with Gasteiger partial charge in [-0.1, -0.05) is 25.1 Å². The van der Waals surface area contributed by atoms with Gasteiger partial charge in [0.05, 0.1) is 13.2 Å². The number of benzene rings is 1. The van der Waals surface area contributed by atoms with E-state index in [1.54, 1.807) is 0 Å². The molecule has 1 aromatic heterocycles. The maximum Gasteiger partial charge on any atom is 0.227 e. The summed E-state index contributed by atoms with van der Waals surface area (Å²) in [6, 6.07) is 8.01. The summed E-state index contributed by atoms with van der Waals surface area (Å²) in [5.74, 6) is 0.857. The summed E-state index contributed by atoms with van der Waals surface area (Å²) in [4.78, 5) is 24.3. The van der Waals surface area contributed by atoms with Crippen molar-refractivity contribution in [2.45, 2.75) is 32.6 Å². The topological polar surface area (TPSA) is 67.4 Å². The minimum Gasteiger partial charge on any atom is -0.378 e. The number of hydrogen-bond donors (Lipinski definition) is 1. The van der Waals surface area contributed by atoms with E-state index >= 15 is 0 Å². The van der Waals surface area contributed by atoms with E-state index in [0.29, 0.717) is 6.42 Å². The van der Waals surface area contributed by atoms with E-state index in [0.717, 1.165) is 68.5 Å². The van der Waals surface area contributed by atoms with E-state index < -0.39 is 0 Å². The number of carbonyl (C=O) groups excluding carboxylic acids is 1. The monoisotopic (exact) mass is 366 g/mol. The first-order valence-electron chi connectivity index (χ1n) is 9.81. The second-order valence-electron chi connectivity index (χ2n) is 7.18. The fourth-order valence-corrected chi connectivity index (χ4v) is 3.82. The number of amides is 1. The molecule has 1 amide bonds. The van der Waals surface area contributed by atoms with Gasteiger partial charge in [-0.25, -0.2) is 9.97 Å². The van der Waals surface area contributed by atoms with E-state index in [2.05, 4.69) is 28.2 Å². The smallest absolute Gasteiger partial charge is 0.227 e. The van der Waals surface area contributed by atoms with Crippen LogP contribution >= 0.6 is 0 Å². The first-order valence-corrected chi connectivity index (χ1v) is 9.81. The van der Waals surface area contributed by atoms with Crippen molar-refractivity contribution in [1.29, 1.82) is 0 Å². The van der Waals surface area contributed by atoms with Crippen molar-refractivity contribution in [2.24, 2.45) is 5.92 Å². The molecule has 142 valence electrons. The van der Waals surface area contributed by atoms with Crippen LogP contribution in [-0.4, -0.2) is 42.2 Å². The number of ether oxygens (including phenoxy) is 1. The van der Waals surface area contributed by atoms with Gasteiger partial charge in [0.2, 0.25) is 11.9 Å². The molecule has 2 heterocycles. The molecule has 27 heavy (non-hydrogen) atoms. The summed E-state index contributed by atoms with van der Waals surface area (Å²) in [6.07, 6.45) is 5.17. The van der Waals surface area contributed by atoms with Crippen molar-refractivity contribution in [1.82, 2.24) is 9.97 Å². The molecule has 0 saturated carbocycles. The number of nitrogens with zero attached hydrogens (tertiary/aromatic N) is 3. The molecule has 1 aliphatic heterocycles. The molecule has 0 bridgehead atoms. The Labute approximate surface area is 160 Å². The minimum absolute atomic E-state index is 0.0275. The van der Waals surface area contributed by atoms with E-state index in [1.807, 2.05) is 24.4 Å². The van der Waals surface area contributed by atoms with Crippen LogP contribution in [0.25, 0.3) is 0 Å². The maximum absolute atomic E-state index is 12.8. The van der Waals surface area contributed by atoms with Gasteiger partial charge in [-0.2, -0.15) is 0 Å². The van der Waals surface area contributed by atoms with Crippen LogP contribution in [0.15, 0.2) is 30.5 Å². The lowest BCUT2D eigenvalue weighted by Crippen LogP contribution is -2.38. The molecule has 0 radical (unpaired) electrons. The summed E-state index contributed by atoms with van der Waals surface area (Å²) in [5, 5.41) is 3.12. The third-order valence-electron chi connectivity index (χ3n) is 5.46. The number of anilines is 2. The third kappa shape index (κ3) is 3.95. The van der Waals surface area contributed by atoms with Gasteiger partial charge in [0.25, 0.3) is 0 Å². The highest BCUT2D eigenvalue weighted by atomic mass is 16.5. The Balaban J connectivity index is 1.44. The van der Waals surface area contributed by atoms with E-state index in [9.17, 15) is 4.79 Å². The number of aromatic nitrogens is 2. The van der Waals surface area contributed by atoms with Crippen LogP contribution in [0.5, 0.6) is 0 Å². The van der Waals surface area contributed by atoms with E-state index in [4.69, 9.17) is 9.72 Å². The molecule has 1 saturated heterocycles. The molecule has 1 fully saturated rings. The molecular formula is C21H26N4O2. The molecule has 0 spiro atoms. The summed E-state index contributed by atoms with van der Waals surface area (Å²) < 4.78 is 5.40. The molecule has 6 heteroatoms. The predicted octanol–water partition coefficient (Wildman–Crippen LogP) is 2.62. The lowest BCUT2D eigenvalue weighted by molar-refractivity contribution is -0.120. The van der Waals surface area contributed by atoms with Gasteiger partial charge < -0.3 is 15.0 Å². The lowest BCUT2D eigenvalue weighted by atomic mass is 9.86. The van der Waals surface area contributed by atoms with Gasteiger partial charge in [-0.3, -0.25) is 4.79 Å². The molecule has 0 unspecified atom stereocenters. The highest BCUT2D eigenvalue weighted by Crippen LogP contribution is 2.27. The van der Waals surface area contributed by atoms with E-state index in [1.165, 1.54) is 5.56 Å². The van der Waals surface area contributed by atoms with Crippen molar-refractivity contribution in [3.63, 3.8) is 0 Å². The van der Waals surface area contributed by atoms with E-state index in [-0.39, 0.29) is 11.8 Å². The molecule has 1 aliphatic carbocycles. The summed E-state index contributed by atoms with van der Waals surface area (Å²) in [7, 11) is 0. The number of carbonyl (C=O) groups is 1. The largest absolute Gasteiger partial charge is 0.378 e. The third-order valence-corrected chi connectivity index (χ3v) is 5.46. The van der Waals surface area contributed by atoms with Gasteiger partial charge in [0, 0.05) is 36.6 Å². The van der Waals surface area contributed by atoms with Crippen LogP contribution in [0.3, 0.4) is 0 Å². The van der Waals surface area contributed by atoms with Crippen molar-refractivity contribution < 1.29 is 9.53 Å². The Bertz CT molecular complexity index is 818. The Kier molecular flexibility index (Phi) is 5.34. The number of para-hydroxylation sites is 1. The van der Waals surface area contributed by atoms with Gasteiger partial charge in [0.1, 0.15) is 0 Å². The normalized spacial score (nSPS) is 19.4. The second-order valence-corrected chi connectivity index (χ2v) is 7.18. The first kappa shape index (κ1) is 17.9. The standard InChI is InChI=1S/C21H26N4O2/c1-2-15-5-3-4-6-18(15)23-20(26)16-7-8-19-17(13-16)14-22-21(24-19)25-9-11-27-12-10-25/h3-6,14,16H,2,7-13H2,1H3,(H,23,26)/t16-/m0/s1. The number of aryl methyl sites for hydroxylation is 2. The summed E-state index contributed by atoms with van der Waals surface area (Å²) in [6.45, 7) is 5.22. The van der Waals surface area contributed by atoms with Crippen molar-refractivity contribution in [3.8, 4) is 0 Å². The minimum atomic E-state index is -0.0275. The zero-order valence-electron chi connectivity index (χ0n) is 15.8. The fraction of sp³-hybridized carbons (Fsp3) is 0.476. The van der Waals surface area contributed by atoms with Gasteiger partial charge >= 0.3 is 0 Å². The van der Waals surface area contributed by atoms with Crippen molar-refractivity contribution in [3.05, 3.63) is 47.3 Å².